The van der Waals surface area contributed by atoms with E-state index in [0.29, 0.717) is 6.04 Å². The molecule has 2 aliphatic rings. The minimum Gasteiger partial charge on any atom is -0.358 e. The maximum Gasteiger partial charge on any atom is 0.123 e. The lowest BCUT2D eigenvalue weighted by molar-refractivity contribution is 0.290. The molecule has 1 aromatic carbocycles. The third kappa shape index (κ3) is 3.31. The quantitative estimate of drug-likeness (QED) is 0.548. The highest BCUT2D eigenvalue weighted by molar-refractivity contribution is 5.93. The van der Waals surface area contributed by atoms with Crippen LogP contribution >= 0.6 is 0 Å². The van der Waals surface area contributed by atoms with Crippen LogP contribution in [0.25, 0.3) is 28.0 Å². The number of hydrogen-bond donors (Lipinski definition) is 1. The first kappa shape index (κ1) is 19.0. The predicted molar refractivity (Wildman–Crippen MR) is 120 cm³/mol. The molecule has 2 aliphatic heterocycles. The average molecular weight is 400 g/mol. The maximum absolute atomic E-state index is 13.5. The SMILES string of the molecule is C/C=C1\CC2C=C(c3c(C)[nH]c(-c4ccc(F)cc4)c3-c3ccncc3)CCN2C1. The van der Waals surface area contributed by atoms with Gasteiger partial charge in [0.15, 0.2) is 0 Å². The van der Waals surface area contributed by atoms with Gasteiger partial charge in [0.2, 0.25) is 0 Å². The van der Waals surface area contributed by atoms with E-state index < -0.39 is 0 Å². The molecule has 3 nitrogen and oxygen atoms in total. The van der Waals surface area contributed by atoms with Gasteiger partial charge in [0.1, 0.15) is 5.82 Å². The monoisotopic (exact) mass is 399 g/mol. The smallest absolute Gasteiger partial charge is 0.123 e. The van der Waals surface area contributed by atoms with Crippen LogP contribution in [0.15, 0.2) is 66.5 Å². The zero-order chi connectivity index (χ0) is 20.7. The summed E-state index contributed by atoms with van der Waals surface area (Å²) in [6.07, 6.45) is 10.6. The number of nitrogens with zero attached hydrogens (tertiary/aromatic N) is 2. The van der Waals surface area contributed by atoms with E-state index in [9.17, 15) is 4.39 Å². The third-order valence-corrected chi connectivity index (χ3v) is 6.43. The van der Waals surface area contributed by atoms with Gasteiger partial charge in [-0.05, 0) is 79.8 Å². The molecule has 1 saturated heterocycles. The number of aromatic amines is 1. The zero-order valence-corrected chi connectivity index (χ0v) is 17.5. The summed E-state index contributed by atoms with van der Waals surface area (Å²) in [4.78, 5) is 10.4. The van der Waals surface area contributed by atoms with E-state index in [0.717, 1.165) is 48.4 Å². The summed E-state index contributed by atoms with van der Waals surface area (Å²) >= 11 is 0. The van der Waals surface area contributed by atoms with Crippen molar-refractivity contribution in [3.8, 4) is 22.4 Å². The van der Waals surface area contributed by atoms with Crippen molar-refractivity contribution in [2.24, 2.45) is 0 Å². The number of allylic oxidation sites excluding steroid dienone is 1. The molecular formula is C26H26FN3. The summed E-state index contributed by atoms with van der Waals surface area (Å²) in [7, 11) is 0. The summed E-state index contributed by atoms with van der Waals surface area (Å²) in [5.41, 5.74) is 9.73. The fourth-order valence-electron chi connectivity index (χ4n) is 4.91. The van der Waals surface area contributed by atoms with Crippen LogP contribution in [0.4, 0.5) is 4.39 Å². The Morgan fingerprint density at radius 2 is 1.83 bits per heavy atom. The molecular weight excluding hydrogens is 373 g/mol. The van der Waals surface area contributed by atoms with Gasteiger partial charge >= 0.3 is 0 Å². The normalized spacial score (nSPS) is 20.4. The van der Waals surface area contributed by atoms with E-state index in [1.165, 1.54) is 34.4 Å². The number of pyridine rings is 1. The van der Waals surface area contributed by atoms with Gasteiger partial charge < -0.3 is 4.98 Å². The number of rotatable bonds is 3. The largest absolute Gasteiger partial charge is 0.358 e. The van der Waals surface area contributed by atoms with Crippen molar-refractivity contribution in [1.29, 1.82) is 0 Å². The fraction of sp³-hybridized carbons (Fsp3) is 0.269. The van der Waals surface area contributed by atoms with Crippen molar-refractivity contribution in [3.05, 3.63) is 83.6 Å². The highest BCUT2D eigenvalue weighted by atomic mass is 19.1. The van der Waals surface area contributed by atoms with Gasteiger partial charge in [0.25, 0.3) is 0 Å². The van der Waals surface area contributed by atoms with Gasteiger partial charge in [-0.15, -0.1) is 0 Å². The van der Waals surface area contributed by atoms with Crippen LogP contribution in [0, 0.1) is 12.7 Å². The standard InChI is InChI=1S/C26H26FN3/c1-3-18-14-23-15-21(10-13-30(23)16-18)24-17(2)29-26(20-4-6-22(27)7-5-20)25(24)19-8-11-28-12-9-19/h3-9,11-12,15,23,29H,10,13-14,16H2,1-2H3/b18-3+. The predicted octanol–water partition coefficient (Wildman–Crippen LogP) is 6.00. The lowest BCUT2D eigenvalue weighted by atomic mass is 9.89. The lowest BCUT2D eigenvalue weighted by Crippen LogP contribution is -2.32. The fourth-order valence-corrected chi connectivity index (χ4v) is 4.91. The molecule has 1 fully saturated rings. The molecule has 2 aromatic heterocycles. The van der Waals surface area contributed by atoms with E-state index in [-0.39, 0.29) is 5.82 Å². The van der Waals surface area contributed by atoms with Crippen molar-refractivity contribution in [3.63, 3.8) is 0 Å². The van der Waals surface area contributed by atoms with E-state index in [2.05, 4.69) is 53.0 Å². The number of halogens is 1. The van der Waals surface area contributed by atoms with Crippen LogP contribution in [0.3, 0.4) is 0 Å². The highest BCUT2D eigenvalue weighted by Gasteiger charge is 2.31. The molecule has 5 rings (SSSR count). The van der Waals surface area contributed by atoms with Crippen molar-refractivity contribution in [1.82, 2.24) is 14.9 Å². The Balaban J connectivity index is 1.66. The molecule has 4 heteroatoms. The Kier molecular flexibility index (Phi) is 4.87. The molecule has 3 aromatic rings. The molecule has 0 amide bonds. The van der Waals surface area contributed by atoms with Crippen molar-refractivity contribution in [2.75, 3.05) is 13.1 Å². The van der Waals surface area contributed by atoms with Gasteiger partial charge in [0.05, 0.1) is 5.69 Å². The Hall–Kier alpha value is -2.98. The van der Waals surface area contributed by atoms with Gasteiger partial charge in [-0.1, -0.05) is 17.7 Å². The number of hydrogen-bond acceptors (Lipinski definition) is 2. The molecule has 152 valence electrons. The third-order valence-electron chi connectivity index (χ3n) is 6.43. The number of H-pyrrole nitrogens is 1. The second-order valence-corrected chi connectivity index (χ2v) is 8.25. The van der Waals surface area contributed by atoms with Crippen molar-refractivity contribution < 1.29 is 4.39 Å². The molecule has 0 radical (unpaired) electrons. The molecule has 1 atom stereocenters. The van der Waals surface area contributed by atoms with Crippen molar-refractivity contribution in [2.45, 2.75) is 32.7 Å². The molecule has 1 unspecified atom stereocenters. The summed E-state index contributed by atoms with van der Waals surface area (Å²) in [5.74, 6) is -0.219. The molecule has 0 bridgehead atoms. The van der Waals surface area contributed by atoms with Crippen molar-refractivity contribution >= 4 is 5.57 Å². The Labute approximate surface area is 177 Å². The van der Waals surface area contributed by atoms with Crippen LogP contribution in [0.1, 0.15) is 31.0 Å². The van der Waals surface area contributed by atoms with Gasteiger partial charge in [-0.3, -0.25) is 9.88 Å². The number of benzene rings is 1. The number of nitrogens with one attached hydrogen (secondary N) is 1. The first-order valence-corrected chi connectivity index (χ1v) is 10.6. The van der Waals surface area contributed by atoms with E-state index >= 15 is 0 Å². The van der Waals surface area contributed by atoms with Crippen LogP contribution in [-0.2, 0) is 0 Å². The van der Waals surface area contributed by atoms with Crippen LogP contribution in [-0.4, -0.2) is 34.0 Å². The number of fused-ring (bicyclic) bond motifs is 1. The van der Waals surface area contributed by atoms with Gasteiger partial charge in [-0.25, -0.2) is 4.39 Å². The molecule has 30 heavy (non-hydrogen) atoms. The van der Waals surface area contributed by atoms with Gasteiger partial charge in [0, 0.05) is 48.3 Å². The minimum atomic E-state index is -0.219. The number of aromatic nitrogens is 2. The molecule has 0 saturated carbocycles. The summed E-state index contributed by atoms with van der Waals surface area (Å²) < 4.78 is 13.5. The average Bonchev–Trinajstić information content (AvgIpc) is 3.34. The van der Waals surface area contributed by atoms with E-state index in [4.69, 9.17) is 0 Å². The molecule has 0 spiro atoms. The first-order valence-electron chi connectivity index (χ1n) is 10.6. The molecule has 1 N–H and O–H groups in total. The second kappa shape index (κ2) is 7.69. The van der Waals surface area contributed by atoms with E-state index in [1.807, 2.05) is 24.5 Å². The Morgan fingerprint density at radius 1 is 1.07 bits per heavy atom. The van der Waals surface area contributed by atoms with Crippen LogP contribution in [0.5, 0.6) is 0 Å². The summed E-state index contributed by atoms with van der Waals surface area (Å²) in [5, 5.41) is 0. The highest BCUT2D eigenvalue weighted by Crippen LogP contribution is 2.43. The molecule has 4 heterocycles. The van der Waals surface area contributed by atoms with E-state index in [1.54, 1.807) is 0 Å². The zero-order valence-electron chi connectivity index (χ0n) is 17.5. The Bertz CT molecular complexity index is 1120. The van der Waals surface area contributed by atoms with Crippen LogP contribution in [0.2, 0.25) is 0 Å². The molecule has 0 aliphatic carbocycles. The van der Waals surface area contributed by atoms with Gasteiger partial charge in [-0.2, -0.15) is 0 Å². The lowest BCUT2D eigenvalue weighted by Gasteiger charge is -2.28. The summed E-state index contributed by atoms with van der Waals surface area (Å²) in [6.45, 7) is 6.47. The summed E-state index contributed by atoms with van der Waals surface area (Å²) in [6, 6.07) is 11.3. The minimum absolute atomic E-state index is 0.219. The number of aryl methyl sites for hydroxylation is 1. The second-order valence-electron chi connectivity index (χ2n) is 8.25. The topological polar surface area (TPSA) is 31.9 Å². The Morgan fingerprint density at radius 3 is 2.57 bits per heavy atom. The first-order chi connectivity index (χ1) is 14.6. The van der Waals surface area contributed by atoms with Crippen LogP contribution < -0.4 is 0 Å². The maximum atomic E-state index is 13.5.